The summed E-state index contributed by atoms with van der Waals surface area (Å²) in [6.07, 6.45) is 0. The van der Waals surface area contributed by atoms with Crippen LogP contribution in [0.25, 0.3) is 16.7 Å². The van der Waals surface area contributed by atoms with Crippen molar-refractivity contribution in [3.05, 3.63) is 88.7 Å². The molecule has 4 rings (SSSR count). The van der Waals surface area contributed by atoms with Crippen molar-refractivity contribution >= 4 is 16.9 Å². The van der Waals surface area contributed by atoms with Crippen molar-refractivity contribution in [3.8, 4) is 11.4 Å². The van der Waals surface area contributed by atoms with Crippen molar-refractivity contribution in [3.63, 3.8) is 0 Å². The number of aromatic nitrogens is 2. The number of nitrogens with zero attached hydrogens (tertiary/aromatic N) is 3. The van der Waals surface area contributed by atoms with Gasteiger partial charge in [0, 0.05) is 16.8 Å². The zero-order valence-electron chi connectivity index (χ0n) is 21.1. The van der Waals surface area contributed by atoms with Gasteiger partial charge in [-0.15, -0.1) is 0 Å². The predicted octanol–water partition coefficient (Wildman–Crippen LogP) is 6.40. The molecule has 1 aromatic heterocycles. The van der Waals surface area contributed by atoms with Crippen LogP contribution < -0.4 is 4.74 Å². The molecule has 5 heteroatoms. The summed E-state index contributed by atoms with van der Waals surface area (Å²) in [6.45, 7) is 12.7. The van der Waals surface area contributed by atoms with Gasteiger partial charge in [-0.3, -0.25) is 9.36 Å². The Morgan fingerprint density at radius 1 is 0.971 bits per heavy atom. The first-order valence-corrected chi connectivity index (χ1v) is 11.6. The topological polar surface area (TPSA) is 47.4 Å². The molecule has 0 bridgehead atoms. The van der Waals surface area contributed by atoms with Crippen LogP contribution >= 0.6 is 0 Å². The molecule has 4 aromatic rings. The zero-order chi connectivity index (χ0) is 24.6. The standard InChI is InChI=1S/C29H33N3O2/c1-19-16-20(2)27(21(3)17-19)28(33)31(29(4,5)6)18-26-30-24-10-8-9-11-25(24)32(26)22-12-14-23(34-7)15-13-22/h8-17H,18H2,1-7H3. The average molecular weight is 456 g/mol. The minimum Gasteiger partial charge on any atom is -0.497 e. The molecule has 0 fully saturated rings. The minimum atomic E-state index is -0.399. The highest BCUT2D eigenvalue weighted by atomic mass is 16.5. The Morgan fingerprint density at radius 3 is 2.18 bits per heavy atom. The summed E-state index contributed by atoms with van der Waals surface area (Å²) in [5, 5.41) is 0. The summed E-state index contributed by atoms with van der Waals surface area (Å²) < 4.78 is 7.48. The second-order valence-electron chi connectivity index (χ2n) is 9.89. The fourth-order valence-electron chi connectivity index (χ4n) is 4.61. The SMILES string of the molecule is COc1ccc(-n2c(CN(C(=O)c3c(C)cc(C)cc3C)C(C)(C)C)nc3ccccc32)cc1. The molecular weight excluding hydrogens is 422 g/mol. The molecule has 34 heavy (non-hydrogen) atoms. The second kappa shape index (κ2) is 8.98. The van der Waals surface area contributed by atoms with Crippen LogP contribution in [0, 0.1) is 20.8 Å². The molecule has 1 heterocycles. The van der Waals surface area contributed by atoms with E-state index < -0.39 is 5.54 Å². The number of rotatable bonds is 5. The molecule has 0 spiro atoms. The van der Waals surface area contributed by atoms with Crippen LogP contribution in [0.15, 0.2) is 60.7 Å². The summed E-state index contributed by atoms with van der Waals surface area (Å²) in [4.78, 5) is 20.9. The Balaban J connectivity index is 1.84. The number of hydrogen-bond acceptors (Lipinski definition) is 3. The molecule has 3 aromatic carbocycles. The van der Waals surface area contributed by atoms with Gasteiger partial charge in [-0.05, 0) is 89.1 Å². The fourth-order valence-corrected chi connectivity index (χ4v) is 4.61. The Labute approximate surface area is 202 Å². The lowest BCUT2D eigenvalue weighted by molar-refractivity contribution is 0.0548. The number of imidazole rings is 1. The Morgan fingerprint density at radius 2 is 1.59 bits per heavy atom. The predicted molar refractivity (Wildman–Crippen MR) is 138 cm³/mol. The van der Waals surface area contributed by atoms with Crippen LogP contribution in [0.4, 0.5) is 0 Å². The first kappa shape index (κ1) is 23.6. The normalized spacial score (nSPS) is 11.6. The van der Waals surface area contributed by atoms with E-state index in [-0.39, 0.29) is 5.91 Å². The number of para-hydroxylation sites is 2. The lowest BCUT2D eigenvalue weighted by atomic mass is 9.96. The lowest BCUT2D eigenvalue weighted by Crippen LogP contribution is -2.46. The number of carbonyl (C=O) groups is 1. The van der Waals surface area contributed by atoms with Crippen molar-refractivity contribution in [2.45, 2.75) is 53.6 Å². The molecule has 0 aliphatic heterocycles. The van der Waals surface area contributed by atoms with Gasteiger partial charge in [0.25, 0.3) is 5.91 Å². The van der Waals surface area contributed by atoms with Crippen molar-refractivity contribution in [2.24, 2.45) is 0 Å². The molecule has 0 aliphatic carbocycles. The van der Waals surface area contributed by atoms with Gasteiger partial charge in [-0.25, -0.2) is 4.98 Å². The number of ether oxygens (including phenoxy) is 1. The van der Waals surface area contributed by atoms with Gasteiger partial charge in [0.15, 0.2) is 0 Å². The first-order chi connectivity index (χ1) is 16.1. The Kier molecular flexibility index (Phi) is 6.22. The van der Waals surface area contributed by atoms with Crippen LogP contribution in [0.5, 0.6) is 5.75 Å². The number of carbonyl (C=O) groups excluding carboxylic acids is 1. The molecule has 0 saturated carbocycles. The van der Waals surface area contributed by atoms with Crippen LogP contribution in [0.3, 0.4) is 0 Å². The smallest absolute Gasteiger partial charge is 0.255 e. The third-order valence-electron chi connectivity index (χ3n) is 6.21. The van der Waals surface area contributed by atoms with Crippen molar-refractivity contribution in [2.75, 3.05) is 7.11 Å². The zero-order valence-corrected chi connectivity index (χ0v) is 21.1. The highest BCUT2D eigenvalue weighted by Crippen LogP contribution is 2.28. The number of aryl methyl sites for hydroxylation is 3. The lowest BCUT2D eigenvalue weighted by Gasteiger charge is -2.36. The molecule has 5 nitrogen and oxygen atoms in total. The third-order valence-corrected chi connectivity index (χ3v) is 6.21. The first-order valence-electron chi connectivity index (χ1n) is 11.6. The van der Waals surface area contributed by atoms with Crippen LogP contribution in [-0.4, -0.2) is 33.0 Å². The van der Waals surface area contributed by atoms with Crippen LogP contribution in [-0.2, 0) is 6.54 Å². The van der Waals surface area contributed by atoms with Crippen molar-refractivity contribution < 1.29 is 9.53 Å². The average Bonchev–Trinajstić information content (AvgIpc) is 3.14. The maximum Gasteiger partial charge on any atom is 0.255 e. The highest BCUT2D eigenvalue weighted by molar-refractivity contribution is 5.97. The molecule has 1 amide bonds. The van der Waals surface area contributed by atoms with Gasteiger partial charge in [-0.1, -0.05) is 29.8 Å². The molecular formula is C29H33N3O2. The molecule has 0 radical (unpaired) electrons. The molecule has 0 aliphatic rings. The molecule has 0 atom stereocenters. The third kappa shape index (κ3) is 4.43. The van der Waals surface area contributed by atoms with Gasteiger partial charge in [0.1, 0.15) is 11.6 Å². The van der Waals surface area contributed by atoms with Crippen molar-refractivity contribution in [1.29, 1.82) is 0 Å². The van der Waals surface area contributed by atoms with Gasteiger partial charge in [0.05, 0.1) is 24.7 Å². The Hall–Kier alpha value is -3.60. The van der Waals surface area contributed by atoms with E-state index in [0.717, 1.165) is 50.5 Å². The van der Waals surface area contributed by atoms with Crippen LogP contribution in [0.1, 0.15) is 53.6 Å². The maximum atomic E-state index is 14.0. The summed E-state index contributed by atoms with van der Waals surface area (Å²) in [5.74, 6) is 1.64. The maximum absolute atomic E-state index is 14.0. The van der Waals surface area contributed by atoms with Gasteiger partial charge >= 0.3 is 0 Å². The summed E-state index contributed by atoms with van der Waals surface area (Å²) >= 11 is 0. The van der Waals surface area contributed by atoms with Gasteiger partial charge in [0.2, 0.25) is 0 Å². The molecule has 0 N–H and O–H groups in total. The summed E-state index contributed by atoms with van der Waals surface area (Å²) in [5.41, 5.74) is 6.42. The molecule has 176 valence electrons. The number of amides is 1. The second-order valence-corrected chi connectivity index (χ2v) is 9.89. The van der Waals surface area contributed by atoms with E-state index in [9.17, 15) is 4.79 Å². The van der Waals surface area contributed by atoms with Gasteiger partial charge in [-0.2, -0.15) is 0 Å². The van der Waals surface area contributed by atoms with Gasteiger partial charge < -0.3 is 9.64 Å². The largest absolute Gasteiger partial charge is 0.497 e. The monoisotopic (exact) mass is 455 g/mol. The summed E-state index contributed by atoms with van der Waals surface area (Å²) in [7, 11) is 1.66. The fraction of sp³-hybridized carbons (Fsp3) is 0.310. The van der Waals surface area contributed by atoms with E-state index in [4.69, 9.17) is 9.72 Å². The summed E-state index contributed by atoms with van der Waals surface area (Å²) in [6, 6.07) is 20.2. The highest BCUT2D eigenvalue weighted by Gasteiger charge is 2.31. The van der Waals surface area contributed by atoms with E-state index in [1.165, 1.54) is 0 Å². The van der Waals surface area contributed by atoms with Crippen molar-refractivity contribution in [1.82, 2.24) is 14.5 Å². The number of hydrogen-bond donors (Lipinski definition) is 0. The van der Waals surface area contributed by atoms with Crippen LogP contribution in [0.2, 0.25) is 0 Å². The van der Waals surface area contributed by atoms with E-state index in [2.05, 4.69) is 50.5 Å². The quantitative estimate of drug-likeness (QED) is 0.350. The minimum absolute atomic E-state index is 0.0239. The van der Waals surface area contributed by atoms with E-state index in [0.29, 0.717) is 6.54 Å². The van der Waals surface area contributed by atoms with E-state index in [1.807, 2.05) is 61.2 Å². The molecule has 0 unspecified atom stereocenters. The number of benzene rings is 3. The molecule has 0 saturated heterocycles. The Bertz CT molecular complexity index is 1320. The number of methoxy groups -OCH3 is 1. The number of fused-ring (bicyclic) bond motifs is 1. The van der Waals surface area contributed by atoms with E-state index >= 15 is 0 Å². The van der Waals surface area contributed by atoms with E-state index in [1.54, 1.807) is 7.11 Å².